The monoisotopic (exact) mass is 358 g/mol. The van der Waals surface area contributed by atoms with Crippen molar-refractivity contribution in [2.45, 2.75) is 30.7 Å². The normalized spacial score (nSPS) is 15.6. The van der Waals surface area contributed by atoms with Crippen LogP contribution in [0.5, 0.6) is 0 Å². The fourth-order valence-electron chi connectivity index (χ4n) is 2.80. The van der Waals surface area contributed by atoms with Crippen molar-refractivity contribution in [1.29, 1.82) is 0 Å². The van der Waals surface area contributed by atoms with Gasteiger partial charge in [0.2, 0.25) is 10.0 Å². The predicted octanol–water partition coefficient (Wildman–Crippen LogP) is 2.78. The molecule has 1 fully saturated rings. The molecule has 1 saturated carbocycles. The highest BCUT2D eigenvalue weighted by Crippen LogP contribution is 2.41. The Bertz CT molecular complexity index is 855. The third kappa shape index (κ3) is 4.08. The van der Waals surface area contributed by atoms with E-state index in [0.717, 1.165) is 24.0 Å². The highest BCUT2D eigenvalue weighted by molar-refractivity contribution is 7.89. The summed E-state index contributed by atoms with van der Waals surface area (Å²) in [5.74, 6) is 0.0926. The van der Waals surface area contributed by atoms with Crippen molar-refractivity contribution in [3.8, 4) is 0 Å². The van der Waals surface area contributed by atoms with Crippen LogP contribution in [0.25, 0.3) is 0 Å². The van der Waals surface area contributed by atoms with Gasteiger partial charge < -0.3 is 5.32 Å². The van der Waals surface area contributed by atoms with Crippen molar-refractivity contribution in [2.75, 3.05) is 7.05 Å². The molecule has 1 atom stereocenters. The molecule has 1 aliphatic carbocycles. The first-order valence-corrected chi connectivity index (χ1v) is 9.80. The molecule has 2 aromatic carbocycles. The second-order valence-electron chi connectivity index (χ2n) is 6.45. The van der Waals surface area contributed by atoms with Crippen molar-refractivity contribution in [1.82, 2.24) is 10.0 Å². The van der Waals surface area contributed by atoms with Crippen LogP contribution in [-0.4, -0.2) is 21.4 Å². The lowest BCUT2D eigenvalue weighted by Gasteiger charge is -2.19. The molecule has 2 aromatic rings. The van der Waals surface area contributed by atoms with E-state index in [-0.39, 0.29) is 16.8 Å². The molecule has 5 nitrogen and oxygen atoms in total. The standard InChI is InChI=1S/C19H22N2O3S/c1-13-3-5-14(6-4-13)18(15-7-8-15)21-25(23,24)17-11-9-16(10-12-17)19(22)20-2/h3-6,9-12,15,18,21H,7-8H2,1-2H3,(H,20,22)/t18-/m0/s1. The first kappa shape index (κ1) is 17.6. The number of carbonyl (C=O) groups is 1. The summed E-state index contributed by atoms with van der Waals surface area (Å²) in [6, 6.07) is 13.7. The lowest BCUT2D eigenvalue weighted by atomic mass is 10.0. The number of hydrogen-bond acceptors (Lipinski definition) is 3. The molecule has 0 aliphatic heterocycles. The minimum absolute atomic E-state index is 0.165. The van der Waals surface area contributed by atoms with Crippen LogP contribution in [0.15, 0.2) is 53.4 Å². The van der Waals surface area contributed by atoms with E-state index in [1.807, 2.05) is 31.2 Å². The summed E-state index contributed by atoms with van der Waals surface area (Å²) in [6.45, 7) is 2.01. The maximum absolute atomic E-state index is 12.8. The van der Waals surface area contributed by atoms with Crippen LogP contribution >= 0.6 is 0 Å². The summed E-state index contributed by atoms with van der Waals surface area (Å²) >= 11 is 0. The number of amides is 1. The molecule has 0 aromatic heterocycles. The molecule has 3 rings (SSSR count). The van der Waals surface area contributed by atoms with Gasteiger partial charge in [-0.25, -0.2) is 13.1 Å². The van der Waals surface area contributed by atoms with Crippen molar-refractivity contribution >= 4 is 15.9 Å². The van der Waals surface area contributed by atoms with Gasteiger partial charge in [0.25, 0.3) is 5.91 Å². The van der Waals surface area contributed by atoms with Crippen LogP contribution in [0.3, 0.4) is 0 Å². The third-order valence-electron chi connectivity index (χ3n) is 4.47. The number of nitrogens with one attached hydrogen (secondary N) is 2. The smallest absolute Gasteiger partial charge is 0.251 e. The van der Waals surface area contributed by atoms with Crippen molar-refractivity contribution in [3.05, 3.63) is 65.2 Å². The number of rotatable bonds is 6. The molecule has 0 radical (unpaired) electrons. The van der Waals surface area contributed by atoms with Crippen LogP contribution in [-0.2, 0) is 10.0 Å². The van der Waals surface area contributed by atoms with Crippen LogP contribution in [0.4, 0.5) is 0 Å². The highest BCUT2D eigenvalue weighted by Gasteiger charge is 2.35. The second-order valence-corrected chi connectivity index (χ2v) is 8.16. The Labute approximate surface area is 148 Å². The Hall–Kier alpha value is -2.18. The summed E-state index contributed by atoms with van der Waals surface area (Å²) in [6.07, 6.45) is 2.05. The molecule has 0 bridgehead atoms. The zero-order chi connectivity index (χ0) is 18.0. The van der Waals surface area contributed by atoms with E-state index in [9.17, 15) is 13.2 Å². The Morgan fingerprint density at radius 1 is 1.04 bits per heavy atom. The van der Waals surface area contributed by atoms with Gasteiger partial charge in [-0.1, -0.05) is 29.8 Å². The van der Waals surface area contributed by atoms with Crippen molar-refractivity contribution in [2.24, 2.45) is 5.92 Å². The summed E-state index contributed by atoms with van der Waals surface area (Å²) in [5, 5.41) is 2.52. The predicted molar refractivity (Wildman–Crippen MR) is 96.8 cm³/mol. The maximum Gasteiger partial charge on any atom is 0.251 e. The molecule has 1 aliphatic rings. The minimum atomic E-state index is -3.65. The molecule has 0 unspecified atom stereocenters. The van der Waals surface area contributed by atoms with Gasteiger partial charge >= 0.3 is 0 Å². The van der Waals surface area contributed by atoms with Crippen molar-refractivity contribution < 1.29 is 13.2 Å². The zero-order valence-electron chi connectivity index (χ0n) is 14.3. The van der Waals surface area contributed by atoms with Gasteiger partial charge in [0, 0.05) is 18.7 Å². The van der Waals surface area contributed by atoms with Crippen LogP contribution in [0, 0.1) is 12.8 Å². The molecule has 25 heavy (non-hydrogen) atoms. The Balaban J connectivity index is 1.83. The third-order valence-corrected chi connectivity index (χ3v) is 5.92. The van der Waals surface area contributed by atoms with Gasteiger partial charge in [-0.05, 0) is 55.5 Å². The SMILES string of the molecule is CNC(=O)c1ccc(S(=O)(=O)N[C@@H](c2ccc(C)cc2)C2CC2)cc1. The van der Waals surface area contributed by atoms with E-state index in [0.29, 0.717) is 11.5 Å². The number of carbonyl (C=O) groups excluding carboxylic acids is 1. The largest absolute Gasteiger partial charge is 0.355 e. The first-order valence-electron chi connectivity index (χ1n) is 8.32. The molecule has 0 heterocycles. The molecular weight excluding hydrogens is 336 g/mol. The van der Waals surface area contributed by atoms with Gasteiger partial charge in [-0.3, -0.25) is 4.79 Å². The summed E-state index contributed by atoms with van der Waals surface area (Å²) in [5.41, 5.74) is 2.56. The average Bonchev–Trinajstić information content (AvgIpc) is 3.45. The summed E-state index contributed by atoms with van der Waals surface area (Å²) in [4.78, 5) is 11.8. The number of hydrogen-bond donors (Lipinski definition) is 2. The van der Waals surface area contributed by atoms with E-state index in [1.165, 1.54) is 31.3 Å². The van der Waals surface area contributed by atoms with Crippen molar-refractivity contribution in [3.63, 3.8) is 0 Å². The number of sulfonamides is 1. The van der Waals surface area contributed by atoms with Gasteiger partial charge in [-0.2, -0.15) is 0 Å². The highest BCUT2D eigenvalue weighted by atomic mass is 32.2. The molecular formula is C19H22N2O3S. The Morgan fingerprint density at radius 2 is 1.64 bits per heavy atom. The molecule has 2 N–H and O–H groups in total. The molecule has 132 valence electrons. The van der Waals surface area contributed by atoms with Crippen LogP contribution in [0.2, 0.25) is 0 Å². The zero-order valence-corrected chi connectivity index (χ0v) is 15.1. The number of benzene rings is 2. The van der Waals surface area contributed by atoms with E-state index in [2.05, 4.69) is 10.0 Å². The Morgan fingerprint density at radius 3 is 2.16 bits per heavy atom. The molecule has 0 spiro atoms. The summed E-state index contributed by atoms with van der Waals surface area (Å²) < 4.78 is 28.3. The molecule has 0 saturated heterocycles. The second kappa shape index (κ2) is 6.98. The van der Waals surface area contributed by atoms with Gasteiger partial charge in [0.1, 0.15) is 0 Å². The fraction of sp³-hybridized carbons (Fsp3) is 0.316. The summed E-state index contributed by atoms with van der Waals surface area (Å²) in [7, 11) is -2.12. The van der Waals surface area contributed by atoms with E-state index >= 15 is 0 Å². The minimum Gasteiger partial charge on any atom is -0.355 e. The van der Waals surface area contributed by atoms with Crippen LogP contribution < -0.4 is 10.0 Å². The van der Waals surface area contributed by atoms with Gasteiger partial charge in [0.15, 0.2) is 0 Å². The first-order chi connectivity index (χ1) is 11.9. The van der Waals surface area contributed by atoms with E-state index < -0.39 is 10.0 Å². The van der Waals surface area contributed by atoms with E-state index in [1.54, 1.807) is 0 Å². The lowest BCUT2D eigenvalue weighted by Crippen LogP contribution is -2.30. The molecule has 1 amide bonds. The quantitative estimate of drug-likeness (QED) is 0.834. The maximum atomic E-state index is 12.8. The van der Waals surface area contributed by atoms with Crippen LogP contribution in [0.1, 0.15) is 40.4 Å². The van der Waals surface area contributed by atoms with Gasteiger partial charge in [0.05, 0.1) is 4.90 Å². The number of aryl methyl sites for hydroxylation is 1. The Kier molecular flexibility index (Phi) is 4.92. The fourth-order valence-corrected chi connectivity index (χ4v) is 4.10. The topological polar surface area (TPSA) is 75.3 Å². The average molecular weight is 358 g/mol. The van der Waals surface area contributed by atoms with E-state index in [4.69, 9.17) is 0 Å². The van der Waals surface area contributed by atoms with Gasteiger partial charge in [-0.15, -0.1) is 0 Å². The molecule has 6 heteroatoms. The lowest BCUT2D eigenvalue weighted by molar-refractivity contribution is 0.0963.